The maximum atomic E-state index is 13.1. The number of hydrogen-bond acceptors (Lipinski definition) is 3. The Balaban J connectivity index is 1.67. The molecule has 1 aliphatic heterocycles. The van der Waals surface area contributed by atoms with E-state index in [1.54, 1.807) is 23.2 Å². The highest BCUT2D eigenvalue weighted by atomic mass is 19.1. The van der Waals surface area contributed by atoms with Gasteiger partial charge in [0.2, 0.25) is 0 Å². The van der Waals surface area contributed by atoms with Gasteiger partial charge in [-0.2, -0.15) is 0 Å². The minimum atomic E-state index is -0.263. The molecule has 1 saturated heterocycles. The summed E-state index contributed by atoms with van der Waals surface area (Å²) in [5.41, 5.74) is 1.66. The quantitative estimate of drug-likeness (QED) is 0.776. The van der Waals surface area contributed by atoms with E-state index >= 15 is 0 Å². The largest absolute Gasteiger partial charge is 0.332 e. The molecule has 1 amide bonds. The molecule has 0 N–H and O–H groups in total. The summed E-state index contributed by atoms with van der Waals surface area (Å²) in [6.45, 7) is 5.27. The van der Waals surface area contributed by atoms with Crippen molar-refractivity contribution in [2.45, 2.75) is 32.6 Å². The van der Waals surface area contributed by atoms with Gasteiger partial charge in [-0.15, -0.1) is 0 Å². The third kappa shape index (κ3) is 4.45. The summed E-state index contributed by atoms with van der Waals surface area (Å²) < 4.78 is 13.1. The first-order valence-corrected chi connectivity index (χ1v) is 8.92. The molecule has 2 heterocycles. The summed E-state index contributed by atoms with van der Waals surface area (Å²) in [6.07, 6.45) is 3.39. The molecular weight excluding hydrogens is 329 g/mol. The number of carbonyl (C=O) groups excluding carboxylic acids is 1. The molecule has 134 valence electrons. The highest BCUT2D eigenvalue weighted by Gasteiger charge is 2.25. The summed E-state index contributed by atoms with van der Waals surface area (Å²) >= 11 is 0. The van der Waals surface area contributed by atoms with Crippen LogP contribution in [0.4, 0.5) is 4.39 Å². The molecule has 0 saturated carbocycles. The number of likely N-dealkylation sites (tertiary alicyclic amines) is 1. The molecule has 26 heavy (non-hydrogen) atoms. The third-order valence-electron chi connectivity index (χ3n) is 4.43. The lowest BCUT2D eigenvalue weighted by atomic mass is 9.95. The maximum Gasteiger partial charge on any atom is 0.298 e. The lowest BCUT2D eigenvalue weighted by molar-refractivity contribution is -0.126. The maximum absolute atomic E-state index is 13.1. The van der Waals surface area contributed by atoms with Gasteiger partial charge in [-0.3, -0.25) is 4.79 Å². The van der Waals surface area contributed by atoms with E-state index in [1.807, 2.05) is 19.9 Å². The number of aromatic nitrogens is 2. The number of rotatable bonds is 2. The number of carbonyl (C=O) groups is 1. The van der Waals surface area contributed by atoms with Crippen molar-refractivity contribution in [2.75, 3.05) is 13.1 Å². The van der Waals surface area contributed by atoms with Crippen molar-refractivity contribution in [1.82, 2.24) is 14.9 Å². The van der Waals surface area contributed by atoms with Gasteiger partial charge in [0.25, 0.3) is 5.91 Å². The van der Waals surface area contributed by atoms with Crippen molar-refractivity contribution < 1.29 is 9.18 Å². The van der Waals surface area contributed by atoms with Crippen LogP contribution in [0, 0.1) is 23.6 Å². The Morgan fingerprint density at radius 2 is 1.88 bits per heavy atom. The molecule has 1 aliphatic rings. The van der Waals surface area contributed by atoms with Crippen LogP contribution < -0.4 is 0 Å². The van der Waals surface area contributed by atoms with Crippen LogP contribution in [0.25, 0.3) is 11.3 Å². The summed E-state index contributed by atoms with van der Waals surface area (Å²) in [4.78, 5) is 23.0. The van der Waals surface area contributed by atoms with Crippen LogP contribution in [0.5, 0.6) is 0 Å². The van der Waals surface area contributed by atoms with Crippen molar-refractivity contribution in [3.05, 3.63) is 48.2 Å². The van der Waals surface area contributed by atoms with Gasteiger partial charge in [0, 0.05) is 36.7 Å². The zero-order valence-electron chi connectivity index (χ0n) is 15.1. The SMILES string of the molecule is CC(C)C#CC(=O)N1CCC(c2nccc(-c3ccc(F)cc3)n2)CC1. The van der Waals surface area contributed by atoms with Crippen LogP contribution in [-0.2, 0) is 4.79 Å². The molecule has 0 atom stereocenters. The predicted octanol–water partition coefficient (Wildman–Crippen LogP) is 3.65. The zero-order chi connectivity index (χ0) is 18.5. The third-order valence-corrected chi connectivity index (χ3v) is 4.43. The van der Waals surface area contributed by atoms with E-state index < -0.39 is 0 Å². The average molecular weight is 351 g/mol. The fourth-order valence-electron chi connectivity index (χ4n) is 2.98. The minimum absolute atomic E-state index is 0.0990. The Hall–Kier alpha value is -2.74. The number of benzene rings is 1. The summed E-state index contributed by atoms with van der Waals surface area (Å²) in [7, 11) is 0. The molecular formula is C21H22FN3O. The van der Waals surface area contributed by atoms with Crippen LogP contribution in [0.15, 0.2) is 36.5 Å². The number of amides is 1. The van der Waals surface area contributed by atoms with Gasteiger partial charge >= 0.3 is 0 Å². The number of hydrogen-bond donors (Lipinski definition) is 0. The van der Waals surface area contributed by atoms with Gasteiger partial charge in [-0.1, -0.05) is 19.8 Å². The first-order valence-electron chi connectivity index (χ1n) is 8.92. The molecule has 0 bridgehead atoms. The molecule has 2 aromatic rings. The summed E-state index contributed by atoms with van der Waals surface area (Å²) in [5.74, 6) is 6.47. The topological polar surface area (TPSA) is 46.1 Å². The standard InChI is InChI=1S/C21H22FN3O/c1-15(2)3-8-20(26)25-13-10-17(11-14-25)21-23-12-9-19(24-21)16-4-6-18(22)7-5-16/h4-7,9,12,15,17H,10-11,13-14H2,1-2H3. The Bertz CT molecular complexity index is 828. The molecule has 3 rings (SSSR count). The van der Waals surface area contributed by atoms with Crippen LogP contribution in [0.2, 0.25) is 0 Å². The van der Waals surface area contributed by atoms with Crippen molar-refractivity contribution in [2.24, 2.45) is 5.92 Å². The Morgan fingerprint density at radius 3 is 2.54 bits per heavy atom. The van der Waals surface area contributed by atoms with Crippen molar-refractivity contribution in [3.8, 4) is 23.1 Å². The van der Waals surface area contributed by atoms with Crippen molar-refractivity contribution in [3.63, 3.8) is 0 Å². The second-order valence-corrected chi connectivity index (χ2v) is 6.80. The van der Waals surface area contributed by atoms with Gasteiger partial charge in [-0.05, 0) is 49.1 Å². The highest BCUT2D eigenvalue weighted by Crippen LogP contribution is 2.27. The highest BCUT2D eigenvalue weighted by molar-refractivity contribution is 5.93. The van der Waals surface area contributed by atoms with Gasteiger partial charge in [0.1, 0.15) is 11.6 Å². The van der Waals surface area contributed by atoms with E-state index in [9.17, 15) is 9.18 Å². The fraction of sp³-hybridized carbons (Fsp3) is 0.381. The van der Waals surface area contributed by atoms with E-state index in [-0.39, 0.29) is 23.6 Å². The first kappa shape index (κ1) is 18.1. The molecule has 0 unspecified atom stereocenters. The van der Waals surface area contributed by atoms with Crippen LogP contribution in [-0.4, -0.2) is 33.9 Å². The molecule has 0 spiro atoms. The van der Waals surface area contributed by atoms with Crippen LogP contribution in [0.3, 0.4) is 0 Å². The predicted molar refractivity (Wildman–Crippen MR) is 98.6 cm³/mol. The summed E-state index contributed by atoms with van der Waals surface area (Å²) in [6, 6.07) is 8.13. The summed E-state index contributed by atoms with van der Waals surface area (Å²) in [5, 5.41) is 0. The number of nitrogens with zero attached hydrogens (tertiary/aromatic N) is 3. The second kappa shape index (κ2) is 8.09. The van der Waals surface area contributed by atoms with Crippen LogP contribution in [0.1, 0.15) is 38.4 Å². The molecule has 0 radical (unpaired) electrons. The average Bonchev–Trinajstić information content (AvgIpc) is 2.67. The Morgan fingerprint density at radius 1 is 1.19 bits per heavy atom. The normalized spacial score (nSPS) is 14.8. The van der Waals surface area contributed by atoms with E-state index in [1.165, 1.54) is 12.1 Å². The lowest BCUT2D eigenvalue weighted by Crippen LogP contribution is -2.37. The molecule has 1 aromatic heterocycles. The van der Waals surface area contributed by atoms with Crippen LogP contribution >= 0.6 is 0 Å². The van der Waals surface area contributed by atoms with E-state index in [0.29, 0.717) is 13.1 Å². The molecule has 0 aliphatic carbocycles. The zero-order valence-corrected chi connectivity index (χ0v) is 15.1. The number of piperidine rings is 1. The second-order valence-electron chi connectivity index (χ2n) is 6.80. The fourth-order valence-corrected chi connectivity index (χ4v) is 2.98. The smallest absolute Gasteiger partial charge is 0.298 e. The van der Waals surface area contributed by atoms with Gasteiger partial charge in [0.05, 0.1) is 5.69 Å². The number of halogens is 1. The Kier molecular flexibility index (Phi) is 5.62. The monoisotopic (exact) mass is 351 g/mol. The van der Waals surface area contributed by atoms with Gasteiger partial charge < -0.3 is 4.90 Å². The molecule has 1 fully saturated rings. The molecule has 5 heteroatoms. The van der Waals surface area contributed by atoms with Gasteiger partial charge in [-0.25, -0.2) is 14.4 Å². The van der Waals surface area contributed by atoms with Gasteiger partial charge in [0.15, 0.2) is 0 Å². The van der Waals surface area contributed by atoms with E-state index in [0.717, 1.165) is 29.9 Å². The minimum Gasteiger partial charge on any atom is -0.332 e. The van der Waals surface area contributed by atoms with Crippen molar-refractivity contribution in [1.29, 1.82) is 0 Å². The molecule has 1 aromatic carbocycles. The van der Waals surface area contributed by atoms with Crippen molar-refractivity contribution >= 4 is 5.91 Å². The van der Waals surface area contributed by atoms with E-state index in [2.05, 4.69) is 21.8 Å². The van der Waals surface area contributed by atoms with E-state index in [4.69, 9.17) is 0 Å². The first-order chi connectivity index (χ1) is 12.5. The lowest BCUT2D eigenvalue weighted by Gasteiger charge is -2.30. The molecule has 4 nitrogen and oxygen atoms in total. The Labute approximate surface area is 153 Å².